The Morgan fingerprint density at radius 1 is 1.25 bits per heavy atom. The standard InChI is InChI=1S/C12H11NO3/c1-7(14)10-11(15)8-5-3-4-6-9(8)13(2)12(10)16/h3-6,10H,1-2H3. The van der Waals surface area contributed by atoms with Gasteiger partial charge in [-0.3, -0.25) is 14.4 Å². The first-order valence-electron chi connectivity index (χ1n) is 4.95. The van der Waals surface area contributed by atoms with Crippen molar-refractivity contribution in [2.45, 2.75) is 6.92 Å². The van der Waals surface area contributed by atoms with Crippen molar-refractivity contribution in [1.82, 2.24) is 0 Å². The van der Waals surface area contributed by atoms with Gasteiger partial charge in [0, 0.05) is 12.6 Å². The van der Waals surface area contributed by atoms with Gasteiger partial charge in [0.2, 0.25) is 5.91 Å². The van der Waals surface area contributed by atoms with Crippen LogP contribution in [0, 0.1) is 5.92 Å². The van der Waals surface area contributed by atoms with Crippen LogP contribution >= 0.6 is 0 Å². The van der Waals surface area contributed by atoms with Crippen molar-refractivity contribution in [2.24, 2.45) is 5.92 Å². The summed E-state index contributed by atoms with van der Waals surface area (Å²) < 4.78 is 0. The van der Waals surface area contributed by atoms with E-state index >= 15 is 0 Å². The van der Waals surface area contributed by atoms with Gasteiger partial charge in [-0.2, -0.15) is 0 Å². The van der Waals surface area contributed by atoms with Gasteiger partial charge in [0.05, 0.1) is 5.69 Å². The molecule has 2 rings (SSSR count). The summed E-state index contributed by atoms with van der Waals surface area (Å²) in [5.41, 5.74) is 1.000. The molecular formula is C12H11NO3. The lowest BCUT2D eigenvalue weighted by Gasteiger charge is -2.29. The highest BCUT2D eigenvalue weighted by Gasteiger charge is 2.40. The van der Waals surface area contributed by atoms with E-state index in [9.17, 15) is 14.4 Å². The molecule has 1 aromatic rings. The third kappa shape index (κ3) is 1.34. The summed E-state index contributed by atoms with van der Waals surface area (Å²) in [4.78, 5) is 36.4. The topological polar surface area (TPSA) is 54.5 Å². The number of rotatable bonds is 1. The molecule has 1 aromatic carbocycles. The summed E-state index contributed by atoms with van der Waals surface area (Å²) in [5.74, 6) is -2.42. The number of carbonyl (C=O) groups excluding carboxylic acids is 3. The third-order valence-corrected chi connectivity index (χ3v) is 2.78. The van der Waals surface area contributed by atoms with Crippen molar-refractivity contribution in [2.75, 3.05) is 11.9 Å². The summed E-state index contributed by atoms with van der Waals surface area (Å²) in [6.07, 6.45) is 0. The first-order valence-corrected chi connectivity index (χ1v) is 4.95. The maximum absolute atomic E-state index is 11.9. The van der Waals surface area contributed by atoms with Crippen LogP contribution < -0.4 is 4.90 Å². The Morgan fingerprint density at radius 3 is 2.50 bits per heavy atom. The van der Waals surface area contributed by atoms with E-state index in [0.29, 0.717) is 11.3 Å². The Bertz CT molecular complexity index is 493. The molecule has 0 saturated carbocycles. The predicted molar refractivity (Wildman–Crippen MR) is 58.4 cm³/mol. The van der Waals surface area contributed by atoms with E-state index in [1.165, 1.54) is 11.8 Å². The molecule has 1 heterocycles. The Balaban J connectivity index is 2.60. The molecular weight excluding hydrogens is 206 g/mol. The quantitative estimate of drug-likeness (QED) is 0.661. The molecule has 0 aliphatic carbocycles. The van der Waals surface area contributed by atoms with Crippen LogP contribution in [-0.4, -0.2) is 24.5 Å². The molecule has 0 radical (unpaired) electrons. The van der Waals surface area contributed by atoms with Crippen molar-refractivity contribution < 1.29 is 14.4 Å². The van der Waals surface area contributed by atoms with Gasteiger partial charge in [-0.15, -0.1) is 0 Å². The van der Waals surface area contributed by atoms with E-state index in [1.807, 2.05) is 0 Å². The minimum atomic E-state index is -1.17. The van der Waals surface area contributed by atoms with E-state index in [2.05, 4.69) is 0 Å². The highest BCUT2D eigenvalue weighted by Crippen LogP contribution is 2.29. The minimum Gasteiger partial charge on any atom is -0.314 e. The van der Waals surface area contributed by atoms with Gasteiger partial charge in [-0.25, -0.2) is 0 Å². The molecule has 0 N–H and O–H groups in total. The summed E-state index contributed by atoms with van der Waals surface area (Å²) >= 11 is 0. The van der Waals surface area contributed by atoms with Crippen LogP contribution in [0.25, 0.3) is 0 Å². The number of hydrogen-bond donors (Lipinski definition) is 0. The van der Waals surface area contributed by atoms with Crippen molar-refractivity contribution >= 4 is 23.2 Å². The van der Waals surface area contributed by atoms with Gasteiger partial charge in [0.1, 0.15) is 5.78 Å². The average molecular weight is 217 g/mol. The molecule has 4 heteroatoms. The molecule has 16 heavy (non-hydrogen) atoms. The zero-order valence-electron chi connectivity index (χ0n) is 9.06. The highest BCUT2D eigenvalue weighted by atomic mass is 16.2. The molecule has 0 saturated heterocycles. The normalized spacial score (nSPS) is 19.6. The number of anilines is 1. The summed E-state index contributed by atoms with van der Waals surface area (Å²) in [6, 6.07) is 6.81. The highest BCUT2D eigenvalue weighted by molar-refractivity contribution is 6.30. The van der Waals surface area contributed by atoms with Crippen LogP contribution in [0.3, 0.4) is 0 Å². The molecule has 1 aliphatic rings. The monoisotopic (exact) mass is 217 g/mol. The van der Waals surface area contributed by atoms with Crippen molar-refractivity contribution in [3.63, 3.8) is 0 Å². The fourth-order valence-corrected chi connectivity index (χ4v) is 1.91. The number of fused-ring (bicyclic) bond motifs is 1. The van der Waals surface area contributed by atoms with Crippen LogP contribution in [0.5, 0.6) is 0 Å². The van der Waals surface area contributed by atoms with Crippen LogP contribution in [0.4, 0.5) is 5.69 Å². The fraction of sp³-hybridized carbons (Fsp3) is 0.250. The first-order chi connectivity index (χ1) is 7.54. The lowest BCUT2D eigenvalue weighted by molar-refractivity contribution is -0.129. The number of ketones is 2. The predicted octanol–water partition coefficient (Wildman–Crippen LogP) is 1.05. The lowest BCUT2D eigenvalue weighted by Crippen LogP contribution is -2.45. The maximum atomic E-state index is 11.9. The van der Waals surface area contributed by atoms with Crippen molar-refractivity contribution in [3.05, 3.63) is 29.8 Å². The second-order valence-electron chi connectivity index (χ2n) is 3.82. The number of carbonyl (C=O) groups is 3. The van der Waals surface area contributed by atoms with Crippen LogP contribution in [-0.2, 0) is 9.59 Å². The van der Waals surface area contributed by atoms with Gasteiger partial charge < -0.3 is 4.90 Å². The number of hydrogen-bond acceptors (Lipinski definition) is 3. The molecule has 0 spiro atoms. The summed E-state index contributed by atoms with van der Waals surface area (Å²) in [6.45, 7) is 1.27. The lowest BCUT2D eigenvalue weighted by atomic mass is 9.88. The first kappa shape index (κ1) is 10.5. The number of para-hydroxylation sites is 1. The van der Waals surface area contributed by atoms with Crippen LogP contribution in [0.2, 0.25) is 0 Å². The SMILES string of the molecule is CC(=O)C1C(=O)c2ccccc2N(C)C1=O. The van der Waals surface area contributed by atoms with Crippen molar-refractivity contribution in [3.8, 4) is 0 Å². The van der Waals surface area contributed by atoms with E-state index in [-0.39, 0.29) is 0 Å². The van der Waals surface area contributed by atoms with E-state index < -0.39 is 23.4 Å². The third-order valence-electron chi connectivity index (χ3n) is 2.78. The zero-order valence-corrected chi connectivity index (χ0v) is 9.06. The molecule has 1 aliphatic heterocycles. The molecule has 82 valence electrons. The van der Waals surface area contributed by atoms with E-state index in [0.717, 1.165) is 0 Å². The van der Waals surface area contributed by atoms with Gasteiger partial charge >= 0.3 is 0 Å². The van der Waals surface area contributed by atoms with Crippen LogP contribution in [0.15, 0.2) is 24.3 Å². The molecule has 4 nitrogen and oxygen atoms in total. The fourth-order valence-electron chi connectivity index (χ4n) is 1.91. The van der Waals surface area contributed by atoms with Gasteiger partial charge in [-0.1, -0.05) is 12.1 Å². The van der Waals surface area contributed by atoms with Crippen LogP contribution in [0.1, 0.15) is 17.3 Å². The molecule has 1 amide bonds. The molecule has 0 bridgehead atoms. The number of nitrogens with zero attached hydrogens (tertiary/aromatic N) is 1. The van der Waals surface area contributed by atoms with E-state index in [4.69, 9.17) is 0 Å². The van der Waals surface area contributed by atoms with Crippen molar-refractivity contribution in [1.29, 1.82) is 0 Å². The van der Waals surface area contributed by atoms with Gasteiger partial charge in [0.15, 0.2) is 11.7 Å². The largest absolute Gasteiger partial charge is 0.314 e. The Kier molecular flexibility index (Phi) is 2.34. The Hall–Kier alpha value is -1.97. The molecule has 0 aromatic heterocycles. The second-order valence-corrected chi connectivity index (χ2v) is 3.82. The Labute approximate surface area is 92.9 Å². The molecule has 0 fully saturated rings. The van der Waals surface area contributed by atoms with E-state index in [1.54, 1.807) is 31.3 Å². The summed E-state index contributed by atoms with van der Waals surface area (Å²) in [7, 11) is 1.57. The number of benzene rings is 1. The molecule has 1 unspecified atom stereocenters. The maximum Gasteiger partial charge on any atom is 0.245 e. The zero-order chi connectivity index (χ0) is 11.9. The van der Waals surface area contributed by atoms with Gasteiger partial charge in [-0.05, 0) is 19.1 Å². The van der Waals surface area contributed by atoms with Gasteiger partial charge in [0.25, 0.3) is 0 Å². The minimum absolute atomic E-state index is 0.397. The average Bonchev–Trinajstić information content (AvgIpc) is 2.26. The Morgan fingerprint density at radius 2 is 1.88 bits per heavy atom. The smallest absolute Gasteiger partial charge is 0.245 e. The second kappa shape index (κ2) is 3.56. The number of Topliss-reactive ketones (excluding diaryl/α,β-unsaturated/α-hetero) is 2. The molecule has 1 atom stereocenters. The summed E-state index contributed by atoms with van der Waals surface area (Å²) in [5, 5.41) is 0. The number of amides is 1.